The predicted octanol–water partition coefficient (Wildman–Crippen LogP) is -0.448. The average molecular weight is 193 g/mol. The number of aliphatic hydroxyl groups is 1. The highest BCUT2D eigenvalue weighted by Gasteiger charge is 2.02. The van der Waals surface area contributed by atoms with Crippen molar-refractivity contribution in [1.82, 2.24) is 24.3 Å². The third-order valence-corrected chi connectivity index (χ3v) is 1.98. The van der Waals surface area contributed by atoms with Gasteiger partial charge in [0.1, 0.15) is 12.2 Å². The van der Waals surface area contributed by atoms with Gasteiger partial charge in [0.25, 0.3) is 0 Å². The molecule has 0 unspecified atom stereocenters. The molecule has 0 fully saturated rings. The van der Waals surface area contributed by atoms with Crippen LogP contribution in [0.3, 0.4) is 0 Å². The maximum absolute atomic E-state index is 8.82. The van der Waals surface area contributed by atoms with Crippen LogP contribution in [0.1, 0.15) is 11.5 Å². The zero-order valence-electron chi connectivity index (χ0n) is 7.83. The number of imidazole rings is 1. The van der Waals surface area contributed by atoms with E-state index in [0.29, 0.717) is 12.2 Å². The van der Waals surface area contributed by atoms with Crippen molar-refractivity contribution in [2.24, 2.45) is 7.05 Å². The van der Waals surface area contributed by atoms with E-state index in [1.165, 1.54) is 6.33 Å². The molecule has 2 heterocycles. The summed E-state index contributed by atoms with van der Waals surface area (Å²) in [6, 6.07) is 0. The molecule has 0 radical (unpaired) electrons. The highest BCUT2D eigenvalue weighted by atomic mass is 16.3. The summed E-state index contributed by atoms with van der Waals surface area (Å²) in [4.78, 5) is 8.09. The van der Waals surface area contributed by atoms with Crippen LogP contribution in [0.5, 0.6) is 0 Å². The molecule has 74 valence electrons. The molecule has 0 aromatic carbocycles. The SMILES string of the molecule is Cn1ncnc1Cn1cnc(CO)c1. The van der Waals surface area contributed by atoms with E-state index >= 15 is 0 Å². The standard InChI is InChI=1S/C8H11N5O/c1-12-8(9-5-11-12)3-13-2-7(4-14)10-6-13/h2,5-6,14H,3-4H2,1H3. The Balaban J connectivity index is 2.15. The van der Waals surface area contributed by atoms with Gasteiger partial charge in [0, 0.05) is 13.2 Å². The quantitative estimate of drug-likeness (QED) is 0.717. The van der Waals surface area contributed by atoms with Gasteiger partial charge >= 0.3 is 0 Å². The van der Waals surface area contributed by atoms with Gasteiger partial charge in [-0.2, -0.15) is 5.10 Å². The molecule has 2 aromatic rings. The van der Waals surface area contributed by atoms with Gasteiger partial charge in [-0.15, -0.1) is 0 Å². The smallest absolute Gasteiger partial charge is 0.146 e. The third-order valence-electron chi connectivity index (χ3n) is 1.98. The topological polar surface area (TPSA) is 68.8 Å². The number of aryl methyl sites for hydroxylation is 1. The first kappa shape index (κ1) is 8.89. The molecule has 6 nitrogen and oxygen atoms in total. The molecular formula is C8H11N5O. The summed E-state index contributed by atoms with van der Waals surface area (Å²) in [5.41, 5.74) is 0.659. The van der Waals surface area contributed by atoms with Crippen molar-refractivity contribution >= 4 is 0 Å². The Kier molecular flexibility index (Phi) is 2.28. The normalized spacial score (nSPS) is 10.7. The molecule has 0 saturated carbocycles. The van der Waals surface area contributed by atoms with Crippen LogP contribution in [0, 0.1) is 0 Å². The summed E-state index contributed by atoms with van der Waals surface area (Å²) in [6.45, 7) is 0.579. The molecule has 14 heavy (non-hydrogen) atoms. The first-order chi connectivity index (χ1) is 6.79. The Hall–Kier alpha value is -1.69. The second-order valence-electron chi connectivity index (χ2n) is 3.00. The van der Waals surface area contributed by atoms with E-state index in [-0.39, 0.29) is 6.61 Å². The Bertz CT molecular complexity index is 419. The summed E-state index contributed by atoms with van der Waals surface area (Å²) in [7, 11) is 1.84. The van der Waals surface area contributed by atoms with Gasteiger partial charge in [-0.05, 0) is 0 Å². The molecule has 1 N–H and O–H groups in total. The molecular weight excluding hydrogens is 182 g/mol. The Morgan fingerprint density at radius 2 is 2.29 bits per heavy atom. The third kappa shape index (κ3) is 1.64. The Morgan fingerprint density at radius 3 is 2.86 bits per heavy atom. The van der Waals surface area contributed by atoms with Crippen LogP contribution in [-0.4, -0.2) is 29.4 Å². The average Bonchev–Trinajstić information content (AvgIpc) is 2.77. The highest BCUT2D eigenvalue weighted by molar-refractivity contribution is 4.97. The van der Waals surface area contributed by atoms with Gasteiger partial charge in [-0.1, -0.05) is 0 Å². The zero-order chi connectivity index (χ0) is 9.97. The van der Waals surface area contributed by atoms with Crippen molar-refractivity contribution in [3.05, 3.63) is 30.4 Å². The van der Waals surface area contributed by atoms with Crippen LogP contribution in [-0.2, 0) is 20.2 Å². The van der Waals surface area contributed by atoms with Crippen LogP contribution in [0.2, 0.25) is 0 Å². The molecule has 6 heteroatoms. The second kappa shape index (κ2) is 3.59. The maximum atomic E-state index is 8.82. The van der Waals surface area contributed by atoms with Crippen LogP contribution in [0.4, 0.5) is 0 Å². The van der Waals surface area contributed by atoms with E-state index in [9.17, 15) is 0 Å². The number of aromatic nitrogens is 5. The fraction of sp³-hybridized carbons (Fsp3) is 0.375. The summed E-state index contributed by atoms with van der Waals surface area (Å²) in [5, 5.41) is 12.8. The minimum Gasteiger partial charge on any atom is -0.390 e. The van der Waals surface area contributed by atoms with Gasteiger partial charge in [-0.3, -0.25) is 4.68 Å². The lowest BCUT2D eigenvalue weighted by molar-refractivity contribution is 0.277. The van der Waals surface area contributed by atoms with Gasteiger partial charge in [0.2, 0.25) is 0 Å². The molecule has 0 aliphatic carbocycles. The monoisotopic (exact) mass is 193 g/mol. The first-order valence-corrected chi connectivity index (χ1v) is 4.24. The van der Waals surface area contributed by atoms with Crippen molar-refractivity contribution in [2.45, 2.75) is 13.2 Å². The molecule has 0 aliphatic rings. The minimum absolute atomic E-state index is 0.0359. The lowest BCUT2D eigenvalue weighted by Gasteiger charge is -2.00. The summed E-state index contributed by atoms with van der Waals surface area (Å²) in [5.74, 6) is 0.854. The van der Waals surface area contributed by atoms with Crippen LogP contribution < -0.4 is 0 Å². The molecule has 0 aliphatic heterocycles. The summed E-state index contributed by atoms with van der Waals surface area (Å²) < 4.78 is 3.56. The fourth-order valence-electron chi connectivity index (χ4n) is 1.20. The summed E-state index contributed by atoms with van der Waals surface area (Å²) >= 11 is 0. The molecule has 2 aromatic heterocycles. The summed E-state index contributed by atoms with van der Waals surface area (Å²) in [6.07, 6.45) is 4.97. The Labute approximate surface area is 80.8 Å². The van der Waals surface area contributed by atoms with Gasteiger partial charge in [-0.25, -0.2) is 9.97 Å². The predicted molar refractivity (Wildman–Crippen MR) is 48.3 cm³/mol. The van der Waals surface area contributed by atoms with Crippen LogP contribution in [0.15, 0.2) is 18.9 Å². The lowest BCUT2D eigenvalue weighted by atomic mass is 10.5. The largest absolute Gasteiger partial charge is 0.390 e. The van der Waals surface area contributed by atoms with Crippen molar-refractivity contribution in [2.75, 3.05) is 0 Å². The lowest BCUT2D eigenvalue weighted by Crippen LogP contribution is -2.05. The molecule has 0 atom stereocenters. The van der Waals surface area contributed by atoms with Crippen LogP contribution in [0.25, 0.3) is 0 Å². The number of rotatable bonds is 3. The molecule has 0 spiro atoms. The van der Waals surface area contributed by atoms with E-state index in [4.69, 9.17) is 5.11 Å². The molecule has 2 rings (SSSR count). The van der Waals surface area contributed by atoms with Crippen molar-refractivity contribution in [1.29, 1.82) is 0 Å². The van der Waals surface area contributed by atoms with Crippen LogP contribution >= 0.6 is 0 Å². The van der Waals surface area contributed by atoms with E-state index in [2.05, 4.69) is 15.1 Å². The van der Waals surface area contributed by atoms with E-state index in [0.717, 1.165) is 5.82 Å². The van der Waals surface area contributed by atoms with Gasteiger partial charge in [0.15, 0.2) is 0 Å². The Morgan fingerprint density at radius 1 is 1.43 bits per heavy atom. The molecule has 0 bridgehead atoms. The second-order valence-corrected chi connectivity index (χ2v) is 3.00. The minimum atomic E-state index is -0.0359. The highest BCUT2D eigenvalue weighted by Crippen LogP contribution is 1.99. The van der Waals surface area contributed by atoms with Crippen molar-refractivity contribution in [3.8, 4) is 0 Å². The number of hydrogen-bond acceptors (Lipinski definition) is 4. The maximum Gasteiger partial charge on any atom is 0.146 e. The number of nitrogens with zero attached hydrogens (tertiary/aromatic N) is 5. The molecule has 0 amide bonds. The van der Waals surface area contributed by atoms with Gasteiger partial charge < -0.3 is 9.67 Å². The zero-order valence-corrected chi connectivity index (χ0v) is 7.83. The molecule has 0 saturated heterocycles. The van der Waals surface area contributed by atoms with E-state index in [1.807, 2.05) is 11.6 Å². The van der Waals surface area contributed by atoms with Crippen molar-refractivity contribution < 1.29 is 5.11 Å². The van der Waals surface area contributed by atoms with E-state index in [1.54, 1.807) is 17.2 Å². The number of aliphatic hydroxyl groups excluding tert-OH is 1. The van der Waals surface area contributed by atoms with E-state index < -0.39 is 0 Å². The van der Waals surface area contributed by atoms with Gasteiger partial charge in [0.05, 0.1) is 25.2 Å². The number of hydrogen-bond donors (Lipinski definition) is 1. The first-order valence-electron chi connectivity index (χ1n) is 4.24. The van der Waals surface area contributed by atoms with Crippen molar-refractivity contribution in [3.63, 3.8) is 0 Å². The fourth-order valence-corrected chi connectivity index (χ4v) is 1.20.